The number of nitrogen functional groups attached to an aromatic ring is 1. The molecule has 0 saturated heterocycles. The number of imidazole rings is 1. The highest BCUT2D eigenvalue weighted by Gasteiger charge is 2.06. The number of nitrogens with zero attached hydrogens (tertiary/aromatic N) is 3. The van der Waals surface area contributed by atoms with Crippen molar-refractivity contribution in [1.29, 1.82) is 0 Å². The fourth-order valence-electron chi connectivity index (χ4n) is 1.55. The highest BCUT2D eigenvalue weighted by atomic mass is 32.2. The summed E-state index contributed by atoms with van der Waals surface area (Å²) in [6, 6.07) is 0. The van der Waals surface area contributed by atoms with Crippen molar-refractivity contribution in [2.75, 3.05) is 23.3 Å². The minimum absolute atomic E-state index is 0.0763. The lowest BCUT2D eigenvalue weighted by molar-refractivity contribution is 0.596. The van der Waals surface area contributed by atoms with Crippen molar-refractivity contribution in [2.45, 2.75) is 6.42 Å². The minimum atomic E-state index is -3.42. The van der Waals surface area contributed by atoms with Crippen LogP contribution >= 0.6 is 0 Å². The van der Waals surface area contributed by atoms with Gasteiger partial charge in [0, 0.05) is 18.9 Å². The van der Waals surface area contributed by atoms with Gasteiger partial charge in [-0.2, -0.15) is 0 Å². The van der Waals surface area contributed by atoms with Gasteiger partial charge in [0.25, 0.3) is 0 Å². The second-order valence-corrected chi connectivity index (χ2v) is 5.55. The Hall–Kier alpha value is -1.87. The Bertz CT molecular complexity index is 650. The number of nitrogens with one attached hydrogen (secondary N) is 1. The number of sulfonamides is 1. The molecule has 98 valence electrons. The van der Waals surface area contributed by atoms with E-state index < -0.39 is 10.0 Å². The molecule has 0 atom stereocenters. The highest BCUT2D eigenvalue weighted by molar-refractivity contribution is 7.89. The molecule has 0 saturated carbocycles. The van der Waals surface area contributed by atoms with Crippen molar-refractivity contribution in [3.8, 4) is 0 Å². The average Bonchev–Trinajstić information content (AvgIpc) is 2.70. The first-order valence-electron chi connectivity index (χ1n) is 5.29. The first-order chi connectivity index (χ1) is 8.46. The Morgan fingerprint density at radius 3 is 2.94 bits per heavy atom. The van der Waals surface area contributed by atoms with Gasteiger partial charge in [-0.1, -0.05) is 0 Å². The van der Waals surface area contributed by atoms with Crippen LogP contribution in [0.4, 0.5) is 11.6 Å². The second-order valence-electron chi connectivity index (χ2n) is 3.82. The molecule has 0 aromatic carbocycles. The summed E-state index contributed by atoms with van der Waals surface area (Å²) in [5.41, 5.74) is 6.28. The van der Waals surface area contributed by atoms with E-state index >= 15 is 0 Å². The quantitative estimate of drug-likeness (QED) is 0.622. The average molecular weight is 270 g/mol. The summed E-state index contributed by atoms with van der Waals surface area (Å²) in [5.74, 6) is 0.802. The van der Waals surface area contributed by atoms with Crippen LogP contribution in [0.5, 0.6) is 0 Å². The number of primary sulfonamides is 1. The van der Waals surface area contributed by atoms with Crippen LogP contribution in [-0.4, -0.2) is 35.1 Å². The molecule has 0 radical (unpaired) electrons. The zero-order valence-electron chi connectivity index (χ0n) is 9.57. The Kier molecular flexibility index (Phi) is 3.34. The lowest BCUT2D eigenvalue weighted by Gasteiger charge is -2.07. The topological polar surface area (TPSA) is 128 Å². The van der Waals surface area contributed by atoms with E-state index in [1.807, 2.05) is 0 Å². The van der Waals surface area contributed by atoms with Crippen LogP contribution in [-0.2, 0) is 10.0 Å². The van der Waals surface area contributed by atoms with Crippen molar-refractivity contribution < 1.29 is 8.42 Å². The third kappa shape index (κ3) is 3.08. The van der Waals surface area contributed by atoms with Gasteiger partial charge in [0.2, 0.25) is 10.0 Å². The Labute approximate surface area is 104 Å². The summed E-state index contributed by atoms with van der Waals surface area (Å²) < 4.78 is 23.3. The molecule has 0 aliphatic rings. The second kappa shape index (κ2) is 4.78. The lowest BCUT2D eigenvalue weighted by atomic mass is 10.4. The summed E-state index contributed by atoms with van der Waals surface area (Å²) in [6.07, 6.45) is 5.43. The van der Waals surface area contributed by atoms with E-state index in [9.17, 15) is 8.42 Å². The molecule has 2 heterocycles. The molecule has 2 aromatic heterocycles. The fraction of sp³-hybridized carbons (Fsp3) is 0.333. The van der Waals surface area contributed by atoms with Crippen LogP contribution in [0.3, 0.4) is 0 Å². The number of fused-ring (bicyclic) bond motifs is 1. The van der Waals surface area contributed by atoms with E-state index in [1.165, 1.54) is 0 Å². The Morgan fingerprint density at radius 2 is 2.22 bits per heavy atom. The van der Waals surface area contributed by atoms with Gasteiger partial charge in [0.1, 0.15) is 5.82 Å². The molecule has 9 heteroatoms. The SMILES string of the molecule is Nc1cn2ccnc2c(NCCCS(N)(=O)=O)n1. The monoisotopic (exact) mass is 270 g/mol. The van der Waals surface area contributed by atoms with Crippen molar-refractivity contribution in [2.24, 2.45) is 5.14 Å². The van der Waals surface area contributed by atoms with Crippen LogP contribution in [0.25, 0.3) is 5.65 Å². The van der Waals surface area contributed by atoms with Gasteiger partial charge in [0.05, 0.1) is 11.9 Å². The molecule has 8 nitrogen and oxygen atoms in total. The standard InChI is InChI=1S/C9H14N6O2S/c10-7-6-15-4-3-13-9(15)8(14-7)12-2-1-5-18(11,16)17/h3-4,6H,1-2,5,10H2,(H,12,14)(H2,11,16,17). The molecule has 0 amide bonds. The number of hydrogen-bond donors (Lipinski definition) is 3. The third-order valence-corrected chi connectivity index (χ3v) is 3.15. The van der Waals surface area contributed by atoms with Crippen molar-refractivity contribution in [3.63, 3.8) is 0 Å². The summed E-state index contributed by atoms with van der Waals surface area (Å²) in [7, 11) is -3.42. The first kappa shape index (κ1) is 12.6. The maximum absolute atomic E-state index is 10.8. The van der Waals surface area contributed by atoms with Crippen LogP contribution in [0.1, 0.15) is 6.42 Å². The van der Waals surface area contributed by atoms with Crippen LogP contribution in [0.2, 0.25) is 0 Å². The van der Waals surface area contributed by atoms with Gasteiger partial charge in [-0.25, -0.2) is 23.5 Å². The lowest BCUT2D eigenvalue weighted by Crippen LogP contribution is -2.19. The molecule has 18 heavy (non-hydrogen) atoms. The van der Waals surface area contributed by atoms with Crippen LogP contribution < -0.4 is 16.2 Å². The predicted molar refractivity (Wildman–Crippen MR) is 68.5 cm³/mol. The minimum Gasteiger partial charge on any atom is -0.382 e. The normalized spacial score (nSPS) is 11.8. The number of rotatable bonds is 5. The molecule has 0 unspecified atom stereocenters. The maximum atomic E-state index is 10.8. The summed E-state index contributed by atoms with van der Waals surface area (Å²) in [4.78, 5) is 8.24. The van der Waals surface area contributed by atoms with E-state index in [2.05, 4.69) is 15.3 Å². The van der Waals surface area contributed by atoms with E-state index in [-0.39, 0.29) is 5.75 Å². The van der Waals surface area contributed by atoms with Crippen LogP contribution in [0, 0.1) is 0 Å². The summed E-state index contributed by atoms with van der Waals surface area (Å²) in [5, 5.41) is 7.90. The predicted octanol–water partition coefficient (Wildman–Crippen LogP) is -0.598. The van der Waals surface area contributed by atoms with Gasteiger partial charge < -0.3 is 15.5 Å². The largest absolute Gasteiger partial charge is 0.382 e. The smallest absolute Gasteiger partial charge is 0.209 e. The van der Waals surface area contributed by atoms with E-state index in [4.69, 9.17) is 10.9 Å². The van der Waals surface area contributed by atoms with Crippen molar-refractivity contribution in [1.82, 2.24) is 14.4 Å². The van der Waals surface area contributed by atoms with E-state index in [0.717, 1.165) is 0 Å². The molecule has 0 bridgehead atoms. The molecular weight excluding hydrogens is 256 g/mol. The van der Waals surface area contributed by atoms with E-state index in [1.54, 1.807) is 23.0 Å². The molecular formula is C9H14N6O2S. The zero-order valence-corrected chi connectivity index (χ0v) is 10.4. The zero-order chi connectivity index (χ0) is 13.2. The number of aromatic nitrogens is 3. The maximum Gasteiger partial charge on any atom is 0.209 e. The Morgan fingerprint density at radius 1 is 1.44 bits per heavy atom. The van der Waals surface area contributed by atoms with Crippen LogP contribution in [0.15, 0.2) is 18.6 Å². The molecule has 0 aliphatic heterocycles. The number of hydrogen-bond acceptors (Lipinski definition) is 6. The van der Waals surface area contributed by atoms with E-state index in [0.29, 0.717) is 30.2 Å². The van der Waals surface area contributed by atoms with Gasteiger partial charge in [-0.15, -0.1) is 0 Å². The van der Waals surface area contributed by atoms with Crippen molar-refractivity contribution in [3.05, 3.63) is 18.6 Å². The molecule has 2 rings (SSSR count). The van der Waals surface area contributed by atoms with Gasteiger partial charge in [-0.05, 0) is 6.42 Å². The molecule has 0 spiro atoms. The Balaban J connectivity index is 2.05. The third-order valence-electron chi connectivity index (χ3n) is 2.29. The van der Waals surface area contributed by atoms with Gasteiger partial charge >= 0.3 is 0 Å². The molecule has 0 aliphatic carbocycles. The fourth-order valence-corrected chi connectivity index (χ4v) is 2.10. The molecule has 2 aromatic rings. The van der Waals surface area contributed by atoms with Gasteiger partial charge in [0.15, 0.2) is 11.5 Å². The molecule has 5 N–H and O–H groups in total. The number of anilines is 2. The first-order valence-corrected chi connectivity index (χ1v) is 7.01. The highest BCUT2D eigenvalue weighted by Crippen LogP contribution is 2.14. The molecule has 0 fully saturated rings. The van der Waals surface area contributed by atoms with Crippen molar-refractivity contribution >= 4 is 27.3 Å². The van der Waals surface area contributed by atoms with Gasteiger partial charge in [-0.3, -0.25) is 0 Å². The summed E-state index contributed by atoms with van der Waals surface area (Å²) in [6.45, 7) is 0.426. The number of nitrogens with two attached hydrogens (primary N) is 2. The summed E-state index contributed by atoms with van der Waals surface area (Å²) >= 11 is 0.